The van der Waals surface area contributed by atoms with Gasteiger partial charge in [0.25, 0.3) is 0 Å². The fourth-order valence-electron chi connectivity index (χ4n) is 2.36. The normalized spacial score (nSPS) is 21.2. The summed E-state index contributed by atoms with van der Waals surface area (Å²) in [5, 5.41) is 8.11. The number of aromatic nitrogens is 2. The van der Waals surface area contributed by atoms with E-state index in [4.69, 9.17) is 9.31 Å². The Bertz CT molecular complexity index is 590. The van der Waals surface area contributed by atoms with Crippen LogP contribution in [0, 0.1) is 0 Å². The van der Waals surface area contributed by atoms with Crippen LogP contribution in [0.25, 0.3) is 10.9 Å². The third-order valence-corrected chi connectivity index (χ3v) is 4.21. The number of H-pyrrole nitrogens is 1. The lowest BCUT2D eigenvalue weighted by molar-refractivity contribution is 0.00578. The Hall–Kier alpha value is -1.33. The highest BCUT2D eigenvalue weighted by Gasteiger charge is 2.50. The highest BCUT2D eigenvalue weighted by atomic mass is 16.7. The second-order valence-electron chi connectivity index (χ2n) is 6.18. The molecular weight excluding hydrogens is 239 g/mol. The van der Waals surface area contributed by atoms with Gasteiger partial charge in [-0.15, -0.1) is 0 Å². The minimum atomic E-state index is -0.266. The predicted octanol–water partition coefficient (Wildman–Crippen LogP) is 2.74. The molecule has 1 aromatic carbocycles. The topological polar surface area (TPSA) is 47.1 Å². The summed E-state index contributed by atoms with van der Waals surface area (Å²) in [5.74, 6) is 0. The summed E-state index contributed by atoms with van der Waals surface area (Å²) in [6, 6.07) is 6.26. The van der Waals surface area contributed by atoms with E-state index in [0.717, 1.165) is 17.2 Å². The maximum atomic E-state index is 6.02. The first kappa shape index (κ1) is 12.7. The zero-order valence-electron chi connectivity index (χ0n) is 11.9. The van der Waals surface area contributed by atoms with Crippen molar-refractivity contribution in [3.8, 4) is 0 Å². The number of fused-ring (bicyclic) bond motifs is 1. The van der Waals surface area contributed by atoms with E-state index in [-0.39, 0.29) is 18.3 Å². The Morgan fingerprint density at radius 2 is 1.84 bits per heavy atom. The van der Waals surface area contributed by atoms with Gasteiger partial charge in [0.1, 0.15) is 0 Å². The lowest BCUT2D eigenvalue weighted by Crippen LogP contribution is -2.41. The summed E-state index contributed by atoms with van der Waals surface area (Å²) in [4.78, 5) is 0. The van der Waals surface area contributed by atoms with E-state index in [9.17, 15) is 0 Å². The van der Waals surface area contributed by atoms with Gasteiger partial charge in [-0.3, -0.25) is 5.10 Å². The molecule has 0 amide bonds. The van der Waals surface area contributed by atoms with Crippen molar-refractivity contribution < 1.29 is 9.31 Å². The SMILES string of the molecule is CC1(C)OB(Cc2ccc3[nH]ncc3c2)OC1(C)C. The van der Waals surface area contributed by atoms with E-state index in [1.165, 1.54) is 5.56 Å². The van der Waals surface area contributed by atoms with Crippen LogP contribution >= 0.6 is 0 Å². The molecule has 100 valence electrons. The fraction of sp³-hybridized carbons (Fsp3) is 0.500. The summed E-state index contributed by atoms with van der Waals surface area (Å²) in [5.41, 5.74) is 1.72. The smallest absolute Gasteiger partial charge is 0.403 e. The molecular formula is C14H19BN2O2. The van der Waals surface area contributed by atoms with Crippen LogP contribution in [-0.4, -0.2) is 28.5 Å². The molecule has 19 heavy (non-hydrogen) atoms. The van der Waals surface area contributed by atoms with Crippen LogP contribution in [0.2, 0.25) is 0 Å². The summed E-state index contributed by atoms with van der Waals surface area (Å²) >= 11 is 0. The molecule has 1 aliphatic rings. The van der Waals surface area contributed by atoms with Crippen LogP contribution in [0.5, 0.6) is 0 Å². The van der Waals surface area contributed by atoms with E-state index in [0.29, 0.717) is 0 Å². The van der Waals surface area contributed by atoms with Crippen molar-refractivity contribution in [2.24, 2.45) is 0 Å². The van der Waals surface area contributed by atoms with Gasteiger partial charge in [0.15, 0.2) is 0 Å². The van der Waals surface area contributed by atoms with E-state index in [2.05, 4.69) is 50.0 Å². The second-order valence-corrected chi connectivity index (χ2v) is 6.18. The van der Waals surface area contributed by atoms with Crippen LogP contribution in [0.3, 0.4) is 0 Å². The maximum Gasteiger partial charge on any atom is 0.462 e. The zero-order valence-corrected chi connectivity index (χ0v) is 11.9. The molecule has 4 nitrogen and oxygen atoms in total. The van der Waals surface area contributed by atoms with Crippen molar-refractivity contribution in [2.45, 2.75) is 45.2 Å². The van der Waals surface area contributed by atoms with Gasteiger partial charge in [-0.2, -0.15) is 5.10 Å². The molecule has 5 heteroatoms. The van der Waals surface area contributed by atoms with E-state index < -0.39 is 0 Å². The molecule has 0 unspecified atom stereocenters. The van der Waals surface area contributed by atoms with Crippen molar-refractivity contribution in [3.63, 3.8) is 0 Å². The van der Waals surface area contributed by atoms with Crippen LogP contribution in [0.15, 0.2) is 24.4 Å². The Morgan fingerprint density at radius 3 is 2.53 bits per heavy atom. The van der Waals surface area contributed by atoms with Gasteiger partial charge in [-0.05, 0) is 45.4 Å². The first-order chi connectivity index (χ1) is 8.87. The number of benzene rings is 1. The molecule has 0 aliphatic carbocycles. The number of hydrogen-bond acceptors (Lipinski definition) is 3. The molecule has 1 fully saturated rings. The number of nitrogens with one attached hydrogen (secondary N) is 1. The van der Waals surface area contributed by atoms with Gasteiger partial charge >= 0.3 is 7.12 Å². The number of nitrogens with zero attached hydrogens (tertiary/aromatic N) is 1. The van der Waals surface area contributed by atoms with Crippen molar-refractivity contribution in [3.05, 3.63) is 30.0 Å². The van der Waals surface area contributed by atoms with Crippen LogP contribution < -0.4 is 0 Å². The Kier molecular flexibility index (Phi) is 2.73. The van der Waals surface area contributed by atoms with E-state index >= 15 is 0 Å². The molecule has 0 bridgehead atoms. The first-order valence-electron chi connectivity index (χ1n) is 6.65. The minimum Gasteiger partial charge on any atom is -0.403 e. The highest BCUT2D eigenvalue weighted by molar-refractivity contribution is 6.45. The van der Waals surface area contributed by atoms with Gasteiger partial charge in [-0.25, -0.2) is 0 Å². The summed E-state index contributed by atoms with van der Waals surface area (Å²) < 4.78 is 12.0. The second kappa shape index (κ2) is 4.08. The lowest BCUT2D eigenvalue weighted by atomic mass is 9.80. The molecule has 1 N–H and O–H groups in total. The Morgan fingerprint density at radius 1 is 1.16 bits per heavy atom. The quantitative estimate of drug-likeness (QED) is 0.842. The summed E-state index contributed by atoms with van der Waals surface area (Å²) in [6.07, 6.45) is 2.59. The van der Waals surface area contributed by atoms with E-state index in [1.54, 1.807) is 0 Å². The summed E-state index contributed by atoms with van der Waals surface area (Å²) in [7, 11) is -0.186. The van der Waals surface area contributed by atoms with Gasteiger partial charge in [0, 0.05) is 11.7 Å². The number of aromatic amines is 1. The zero-order chi connectivity index (χ0) is 13.7. The largest absolute Gasteiger partial charge is 0.462 e. The molecule has 1 saturated heterocycles. The molecule has 0 radical (unpaired) electrons. The fourth-order valence-corrected chi connectivity index (χ4v) is 2.36. The van der Waals surface area contributed by atoms with Gasteiger partial charge < -0.3 is 9.31 Å². The average molecular weight is 258 g/mol. The van der Waals surface area contributed by atoms with Crippen molar-refractivity contribution in [1.29, 1.82) is 0 Å². The predicted molar refractivity (Wildman–Crippen MR) is 75.9 cm³/mol. The van der Waals surface area contributed by atoms with E-state index in [1.807, 2.05) is 12.3 Å². The Balaban J connectivity index is 1.79. The van der Waals surface area contributed by atoms with Gasteiger partial charge in [-0.1, -0.05) is 6.07 Å². The lowest BCUT2D eigenvalue weighted by Gasteiger charge is -2.32. The van der Waals surface area contributed by atoms with Crippen LogP contribution in [0.1, 0.15) is 33.3 Å². The first-order valence-corrected chi connectivity index (χ1v) is 6.65. The van der Waals surface area contributed by atoms with Crippen molar-refractivity contribution in [2.75, 3.05) is 0 Å². The third-order valence-electron chi connectivity index (χ3n) is 4.21. The molecule has 2 heterocycles. The summed E-state index contributed by atoms with van der Waals surface area (Å²) in [6.45, 7) is 8.30. The molecule has 0 saturated carbocycles. The Labute approximate surface area is 113 Å². The van der Waals surface area contributed by atoms with Gasteiger partial charge in [0.2, 0.25) is 0 Å². The van der Waals surface area contributed by atoms with Crippen LogP contribution in [-0.2, 0) is 15.6 Å². The van der Waals surface area contributed by atoms with Crippen LogP contribution in [0.4, 0.5) is 0 Å². The number of rotatable bonds is 2. The van der Waals surface area contributed by atoms with Crippen molar-refractivity contribution >= 4 is 18.0 Å². The minimum absolute atomic E-state index is 0.186. The van der Waals surface area contributed by atoms with Crippen molar-refractivity contribution in [1.82, 2.24) is 10.2 Å². The highest BCUT2D eigenvalue weighted by Crippen LogP contribution is 2.37. The maximum absolute atomic E-state index is 6.02. The number of hydrogen-bond donors (Lipinski definition) is 1. The average Bonchev–Trinajstić information content (AvgIpc) is 2.81. The molecule has 1 aliphatic heterocycles. The monoisotopic (exact) mass is 258 g/mol. The standard InChI is InChI=1S/C14H19BN2O2/c1-13(2)14(3,4)19-15(18-13)8-10-5-6-12-11(7-10)9-16-17-12/h5-7,9H,8H2,1-4H3,(H,16,17). The third kappa shape index (κ3) is 2.17. The molecule has 1 aromatic heterocycles. The molecule has 2 aromatic rings. The molecule has 0 spiro atoms. The van der Waals surface area contributed by atoms with Gasteiger partial charge in [0.05, 0.1) is 22.9 Å². The molecule has 0 atom stereocenters. The molecule has 3 rings (SSSR count).